The van der Waals surface area contributed by atoms with Crippen LogP contribution >= 0.6 is 11.8 Å². The second kappa shape index (κ2) is 11.1. The molecule has 0 aliphatic heterocycles. The van der Waals surface area contributed by atoms with Crippen LogP contribution < -0.4 is 15.8 Å². The maximum absolute atomic E-state index is 12.4. The Morgan fingerprint density at radius 1 is 1.06 bits per heavy atom. The second-order valence-corrected chi connectivity index (χ2v) is 7.85. The number of amides is 2. The van der Waals surface area contributed by atoms with Crippen LogP contribution in [0.3, 0.4) is 0 Å². The van der Waals surface area contributed by atoms with E-state index in [0.29, 0.717) is 17.4 Å². The van der Waals surface area contributed by atoms with Gasteiger partial charge in [-0.2, -0.15) is 0 Å². The summed E-state index contributed by atoms with van der Waals surface area (Å²) in [6.45, 7) is 0.508. The lowest BCUT2D eigenvalue weighted by Gasteiger charge is -2.16. The number of para-hydroxylation sites is 1. The summed E-state index contributed by atoms with van der Waals surface area (Å²) in [5, 5.41) is 3.16. The molecule has 1 aromatic heterocycles. The lowest BCUT2D eigenvalue weighted by Crippen LogP contribution is -2.29. The van der Waals surface area contributed by atoms with Crippen LogP contribution in [0.2, 0.25) is 0 Å². The molecule has 0 atom stereocenters. The number of H-pyrrole nitrogens is 1. The van der Waals surface area contributed by atoms with Crippen molar-refractivity contribution in [3.05, 3.63) is 88.3 Å². The molecule has 160 valence electrons. The molecule has 0 saturated carbocycles. The summed E-state index contributed by atoms with van der Waals surface area (Å²) in [5.41, 5.74) is 1.94. The van der Waals surface area contributed by atoms with Crippen molar-refractivity contribution in [3.8, 4) is 0 Å². The van der Waals surface area contributed by atoms with Gasteiger partial charge in [-0.15, -0.1) is 0 Å². The minimum Gasteiger partial charge on any atom is -0.355 e. The van der Waals surface area contributed by atoms with Crippen LogP contribution in [0.15, 0.2) is 76.7 Å². The van der Waals surface area contributed by atoms with E-state index in [1.54, 1.807) is 11.9 Å². The Morgan fingerprint density at radius 2 is 1.74 bits per heavy atom. The second-order valence-electron chi connectivity index (χ2n) is 6.88. The first-order valence-electron chi connectivity index (χ1n) is 9.86. The predicted molar refractivity (Wildman–Crippen MR) is 122 cm³/mol. The van der Waals surface area contributed by atoms with Gasteiger partial charge in [0, 0.05) is 25.3 Å². The fourth-order valence-electron chi connectivity index (χ4n) is 2.88. The van der Waals surface area contributed by atoms with Gasteiger partial charge >= 0.3 is 0 Å². The van der Waals surface area contributed by atoms with Gasteiger partial charge < -0.3 is 15.2 Å². The smallest absolute Gasteiger partial charge is 0.251 e. The van der Waals surface area contributed by atoms with Crippen LogP contribution in [0.5, 0.6) is 0 Å². The van der Waals surface area contributed by atoms with Crippen molar-refractivity contribution in [2.24, 2.45) is 0 Å². The molecule has 3 aromatic rings. The topological polar surface area (TPSA) is 95.2 Å². The van der Waals surface area contributed by atoms with Crippen LogP contribution in [-0.4, -0.2) is 41.1 Å². The standard InChI is InChI=1S/C23H24N4O3S/c1-27(19-10-6-3-7-11-19)22(30)16-31-23-25-18(15-21(29)26-23)14-20(28)24-13-12-17-8-4-2-5-9-17/h2-11,15H,12-14,16H2,1H3,(H,24,28)(H,25,26,29). The van der Waals surface area contributed by atoms with Gasteiger partial charge in [-0.1, -0.05) is 60.3 Å². The van der Waals surface area contributed by atoms with Crippen LogP contribution in [0.1, 0.15) is 11.3 Å². The van der Waals surface area contributed by atoms with E-state index < -0.39 is 0 Å². The largest absolute Gasteiger partial charge is 0.355 e. The summed E-state index contributed by atoms with van der Waals surface area (Å²) in [7, 11) is 1.70. The SMILES string of the molecule is CN(C(=O)CSc1nc(CC(=O)NCCc2ccccc2)cc(=O)[nH]1)c1ccccc1. The fourth-order valence-corrected chi connectivity index (χ4v) is 3.69. The molecule has 2 amide bonds. The van der Waals surface area contributed by atoms with Crippen LogP contribution in [0.25, 0.3) is 0 Å². The number of hydrogen-bond acceptors (Lipinski definition) is 5. The Bertz CT molecular complexity index is 1070. The molecule has 3 rings (SSSR count). The average Bonchev–Trinajstić information content (AvgIpc) is 2.78. The number of aromatic nitrogens is 2. The normalized spacial score (nSPS) is 10.5. The molecular formula is C23H24N4O3S. The average molecular weight is 437 g/mol. The lowest BCUT2D eigenvalue weighted by atomic mass is 10.1. The van der Waals surface area contributed by atoms with E-state index in [1.807, 2.05) is 60.7 Å². The zero-order valence-electron chi connectivity index (χ0n) is 17.2. The van der Waals surface area contributed by atoms with E-state index in [9.17, 15) is 14.4 Å². The van der Waals surface area contributed by atoms with E-state index in [0.717, 1.165) is 29.4 Å². The van der Waals surface area contributed by atoms with Crippen molar-refractivity contribution in [2.75, 3.05) is 24.2 Å². The third-order valence-corrected chi connectivity index (χ3v) is 5.40. The van der Waals surface area contributed by atoms with E-state index in [4.69, 9.17) is 0 Å². The Hall–Kier alpha value is -3.39. The molecule has 7 nitrogen and oxygen atoms in total. The van der Waals surface area contributed by atoms with Gasteiger partial charge in [0.1, 0.15) is 0 Å². The molecule has 0 aliphatic rings. The molecular weight excluding hydrogens is 412 g/mol. The van der Waals surface area contributed by atoms with Gasteiger partial charge in [0.2, 0.25) is 11.8 Å². The summed E-state index contributed by atoms with van der Waals surface area (Å²) in [5.74, 6) is -0.214. The Morgan fingerprint density at radius 3 is 2.45 bits per heavy atom. The Kier molecular flexibility index (Phi) is 8.00. The first kappa shape index (κ1) is 22.3. The number of benzene rings is 2. The summed E-state index contributed by atoms with van der Waals surface area (Å²) >= 11 is 1.13. The molecule has 8 heteroatoms. The van der Waals surface area contributed by atoms with Crippen LogP contribution in [-0.2, 0) is 22.4 Å². The highest BCUT2D eigenvalue weighted by molar-refractivity contribution is 7.99. The van der Waals surface area contributed by atoms with Gasteiger partial charge in [-0.3, -0.25) is 14.4 Å². The monoisotopic (exact) mass is 436 g/mol. The number of carbonyl (C=O) groups is 2. The van der Waals surface area contributed by atoms with Crippen molar-refractivity contribution in [3.63, 3.8) is 0 Å². The van der Waals surface area contributed by atoms with E-state index in [2.05, 4.69) is 15.3 Å². The van der Waals surface area contributed by atoms with Crippen molar-refractivity contribution in [1.29, 1.82) is 0 Å². The van der Waals surface area contributed by atoms with Crippen molar-refractivity contribution < 1.29 is 9.59 Å². The lowest BCUT2D eigenvalue weighted by molar-refractivity contribution is -0.120. The highest BCUT2D eigenvalue weighted by Crippen LogP contribution is 2.16. The summed E-state index contributed by atoms with van der Waals surface area (Å²) < 4.78 is 0. The molecule has 2 N–H and O–H groups in total. The van der Waals surface area contributed by atoms with Crippen molar-refractivity contribution >= 4 is 29.3 Å². The van der Waals surface area contributed by atoms with Crippen molar-refractivity contribution in [2.45, 2.75) is 18.0 Å². The van der Waals surface area contributed by atoms with E-state index >= 15 is 0 Å². The quantitative estimate of drug-likeness (QED) is 0.397. The molecule has 0 unspecified atom stereocenters. The molecule has 0 bridgehead atoms. The fraction of sp³-hybridized carbons (Fsp3) is 0.217. The number of nitrogens with zero attached hydrogens (tertiary/aromatic N) is 2. The third kappa shape index (κ3) is 7.11. The minimum atomic E-state index is -0.353. The van der Waals surface area contributed by atoms with Gasteiger partial charge in [0.25, 0.3) is 5.56 Å². The number of rotatable bonds is 9. The van der Waals surface area contributed by atoms with E-state index in [-0.39, 0.29) is 29.5 Å². The number of aromatic amines is 1. The highest BCUT2D eigenvalue weighted by Gasteiger charge is 2.13. The van der Waals surface area contributed by atoms with Gasteiger partial charge in [-0.25, -0.2) is 4.98 Å². The van der Waals surface area contributed by atoms with E-state index in [1.165, 1.54) is 6.07 Å². The van der Waals surface area contributed by atoms with Crippen LogP contribution in [0.4, 0.5) is 5.69 Å². The minimum absolute atomic E-state index is 0.00410. The molecule has 0 fully saturated rings. The van der Waals surface area contributed by atoms with Crippen molar-refractivity contribution in [1.82, 2.24) is 15.3 Å². The molecule has 31 heavy (non-hydrogen) atoms. The first-order valence-corrected chi connectivity index (χ1v) is 10.8. The summed E-state index contributed by atoms with van der Waals surface area (Å²) in [4.78, 5) is 45.1. The maximum Gasteiger partial charge on any atom is 0.251 e. The molecule has 0 aliphatic carbocycles. The summed E-state index contributed by atoms with van der Waals surface area (Å²) in [6, 6.07) is 20.5. The highest BCUT2D eigenvalue weighted by atomic mass is 32.2. The molecule has 0 saturated heterocycles. The number of anilines is 1. The van der Waals surface area contributed by atoms with Gasteiger partial charge in [-0.05, 0) is 24.1 Å². The zero-order valence-corrected chi connectivity index (χ0v) is 18.0. The zero-order chi connectivity index (χ0) is 22.1. The third-order valence-electron chi connectivity index (χ3n) is 4.54. The van der Waals surface area contributed by atoms with Gasteiger partial charge in [0.15, 0.2) is 5.16 Å². The summed E-state index contributed by atoms with van der Waals surface area (Å²) in [6.07, 6.45) is 0.734. The molecule has 1 heterocycles. The number of thioether (sulfide) groups is 1. The van der Waals surface area contributed by atoms with Gasteiger partial charge in [0.05, 0.1) is 17.9 Å². The maximum atomic E-state index is 12.4. The first-order chi connectivity index (χ1) is 15.0. The number of carbonyl (C=O) groups excluding carboxylic acids is 2. The number of nitrogens with one attached hydrogen (secondary N) is 2. The Balaban J connectivity index is 1.51. The van der Waals surface area contributed by atoms with Crippen LogP contribution in [0, 0.1) is 0 Å². The molecule has 0 spiro atoms. The Labute approximate surface area is 184 Å². The predicted octanol–water partition coefficient (Wildman–Crippen LogP) is 2.43. The molecule has 2 aromatic carbocycles. The molecule has 0 radical (unpaired) electrons. The number of hydrogen-bond donors (Lipinski definition) is 2.